The third-order valence-electron chi connectivity index (χ3n) is 2.30. The number of nitrogens with two attached hydrogens (primary N) is 1. The molecule has 3 heteroatoms. The van der Waals surface area contributed by atoms with Crippen LogP contribution in [0, 0.1) is 5.82 Å². The van der Waals surface area contributed by atoms with Gasteiger partial charge in [0.1, 0.15) is 5.82 Å². The van der Waals surface area contributed by atoms with E-state index in [9.17, 15) is 9.18 Å². The molecule has 0 heterocycles. The summed E-state index contributed by atoms with van der Waals surface area (Å²) < 4.78 is 12.8. The standard InChI is InChI=1S/C10H10FNO/c11-7-2-1-6-3-8(12)5-10(13)9(6)4-7/h1-2,4,8H,3,5,12H2. The highest BCUT2D eigenvalue weighted by atomic mass is 19.1. The summed E-state index contributed by atoms with van der Waals surface area (Å²) in [5.74, 6) is -0.407. The largest absolute Gasteiger partial charge is 0.327 e. The van der Waals surface area contributed by atoms with Crippen molar-refractivity contribution in [2.45, 2.75) is 18.9 Å². The molecule has 0 spiro atoms. The summed E-state index contributed by atoms with van der Waals surface area (Å²) in [5.41, 5.74) is 7.03. The summed E-state index contributed by atoms with van der Waals surface area (Å²) >= 11 is 0. The Morgan fingerprint density at radius 1 is 1.38 bits per heavy atom. The van der Waals surface area contributed by atoms with Crippen LogP contribution in [0.25, 0.3) is 0 Å². The van der Waals surface area contributed by atoms with Crippen molar-refractivity contribution in [2.75, 3.05) is 0 Å². The first-order valence-corrected chi connectivity index (χ1v) is 4.24. The average molecular weight is 179 g/mol. The van der Waals surface area contributed by atoms with E-state index in [1.807, 2.05) is 0 Å². The second-order valence-electron chi connectivity index (χ2n) is 3.39. The van der Waals surface area contributed by atoms with Crippen LogP contribution in [0.3, 0.4) is 0 Å². The lowest BCUT2D eigenvalue weighted by Gasteiger charge is -2.19. The van der Waals surface area contributed by atoms with Gasteiger partial charge in [0, 0.05) is 18.0 Å². The number of ketones is 1. The molecule has 0 radical (unpaired) electrons. The number of benzene rings is 1. The first-order chi connectivity index (χ1) is 6.16. The number of hydrogen-bond donors (Lipinski definition) is 1. The Hall–Kier alpha value is -1.22. The van der Waals surface area contributed by atoms with Crippen molar-refractivity contribution in [3.05, 3.63) is 35.1 Å². The van der Waals surface area contributed by atoms with Gasteiger partial charge in [0.25, 0.3) is 0 Å². The zero-order valence-corrected chi connectivity index (χ0v) is 7.09. The Balaban J connectivity index is 2.49. The van der Waals surface area contributed by atoms with Gasteiger partial charge in [-0.2, -0.15) is 0 Å². The van der Waals surface area contributed by atoms with Gasteiger partial charge in [-0.3, -0.25) is 4.79 Å². The fourth-order valence-electron chi connectivity index (χ4n) is 1.69. The predicted molar refractivity (Wildman–Crippen MR) is 47.0 cm³/mol. The Morgan fingerprint density at radius 3 is 2.92 bits per heavy atom. The molecule has 1 aromatic carbocycles. The SMILES string of the molecule is NC1CC(=O)c2cc(F)ccc2C1. The highest BCUT2D eigenvalue weighted by Crippen LogP contribution is 2.21. The minimum atomic E-state index is -0.359. The van der Waals surface area contributed by atoms with E-state index >= 15 is 0 Å². The lowest BCUT2D eigenvalue weighted by molar-refractivity contribution is 0.0965. The van der Waals surface area contributed by atoms with Gasteiger partial charge < -0.3 is 5.73 Å². The molecule has 1 aliphatic carbocycles. The van der Waals surface area contributed by atoms with E-state index < -0.39 is 0 Å². The van der Waals surface area contributed by atoms with Crippen LogP contribution in [0.15, 0.2) is 18.2 Å². The maximum Gasteiger partial charge on any atom is 0.164 e. The molecule has 0 saturated heterocycles. The molecule has 2 N–H and O–H groups in total. The minimum Gasteiger partial charge on any atom is -0.327 e. The van der Waals surface area contributed by atoms with Crippen molar-refractivity contribution in [1.29, 1.82) is 0 Å². The van der Waals surface area contributed by atoms with Crippen molar-refractivity contribution < 1.29 is 9.18 Å². The maximum absolute atomic E-state index is 12.8. The van der Waals surface area contributed by atoms with Crippen molar-refractivity contribution in [3.63, 3.8) is 0 Å². The fourth-order valence-corrected chi connectivity index (χ4v) is 1.69. The van der Waals surface area contributed by atoms with Crippen LogP contribution in [0.2, 0.25) is 0 Å². The molecule has 2 rings (SSSR count). The lowest BCUT2D eigenvalue weighted by Crippen LogP contribution is -2.31. The Bertz CT molecular complexity index is 362. The highest BCUT2D eigenvalue weighted by Gasteiger charge is 2.22. The predicted octanol–water partition coefficient (Wildman–Crippen LogP) is 1.28. The van der Waals surface area contributed by atoms with E-state index in [2.05, 4.69) is 0 Å². The van der Waals surface area contributed by atoms with Crippen LogP contribution in [-0.4, -0.2) is 11.8 Å². The van der Waals surface area contributed by atoms with E-state index in [4.69, 9.17) is 5.73 Å². The lowest BCUT2D eigenvalue weighted by atomic mass is 9.88. The van der Waals surface area contributed by atoms with E-state index in [1.165, 1.54) is 12.1 Å². The molecule has 0 aromatic heterocycles. The fraction of sp³-hybridized carbons (Fsp3) is 0.300. The van der Waals surface area contributed by atoms with Gasteiger partial charge in [-0.05, 0) is 24.1 Å². The van der Waals surface area contributed by atoms with Crippen LogP contribution in [0.4, 0.5) is 4.39 Å². The number of carbonyl (C=O) groups is 1. The molecule has 0 saturated carbocycles. The normalized spacial score (nSPS) is 21.4. The summed E-state index contributed by atoms with van der Waals surface area (Å²) in [6.45, 7) is 0. The van der Waals surface area contributed by atoms with Crippen LogP contribution < -0.4 is 5.73 Å². The van der Waals surface area contributed by atoms with Crippen molar-refractivity contribution in [1.82, 2.24) is 0 Å². The molecule has 1 atom stereocenters. The van der Waals surface area contributed by atoms with Gasteiger partial charge in [-0.25, -0.2) is 4.39 Å². The van der Waals surface area contributed by atoms with Crippen LogP contribution in [0.5, 0.6) is 0 Å². The number of rotatable bonds is 0. The molecule has 2 nitrogen and oxygen atoms in total. The molecule has 0 bridgehead atoms. The number of fused-ring (bicyclic) bond motifs is 1. The molecular weight excluding hydrogens is 169 g/mol. The number of carbonyl (C=O) groups excluding carboxylic acids is 1. The summed E-state index contributed by atoms with van der Waals surface area (Å²) in [7, 11) is 0. The second kappa shape index (κ2) is 2.92. The maximum atomic E-state index is 12.8. The van der Waals surface area contributed by atoms with Gasteiger partial charge in [0.05, 0.1) is 0 Å². The zero-order chi connectivity index (χ0) is 9.42. The van der Waals surface area contributed by atoms with E-state index in [0.29, 0.717) is 18.4 Å². The van der Waals surface area contributed by atoms with Gasteiger partial charge in [0.2, 0.25) is 0 Å². The molecule has 13 heavy (non-hydrogen) atoms. The van der Waals surface area contributed by atoms with Gasteiger partial charge in [-0.15, -0.1) is 0 Å². The Labute approximate surface area is 75.6 Å². The summed E-state index contributed by atoms with van der Waals surface area (Å²) in [6.07, 6.45) is 0.998. The Morgan fingerprint density at radius 2 is 2.15 bits per heavy atom. The molecule has 0 amide bonds. The molecule has 1 aliphatic rings. The molecule has 1 unspecified atom stereocenters. The molecule has 1 aromatic rings. The van der Waals surface area contributed by atoms with Gasteiger partial charge in [-0.1, -0.05) is 6.07 Å². The molecule has 0 fully saturated rings. The van der Waals surface area contributed by atoms with Crippen molar-refractivity contribution in [2.24, 2.45) is 5.73 Å². The average Bonchev–Trinajstić information content (AvgIpc) is 2.06. The number of hydrogen-bond acceptors (Lipinski definition) is 2. The minimum absolute atomic E-state index is 0.0479. The first kappa shape index (κ1) is 8.38. The molecule has 0 aliphatic heterocycles. The van der Waals surface area contributed by atoms with Gasteiger partial charge in [0.15, 0.2) is 5.78 Å². The summed E-state index contributed by atoms with van der Waals surface area (Å²) in [6, 6.07) is 4.19. The molecular formula is C10H10FNO. The third-order valence-corrected chi connectivity index (χ3v) is 2.30. The quantitative estimate of drug-likeness (QED) is 0.652. The van der Waals surface area contributed by atoms with Crippen LogP contribution in [0.1, 0.15) is 22.3 Å². The monoisotopic (exact) mass is 179 g/mol. The summed E-state index contributed by atoms with van der Waals surface area (Å²) in [5, 5.41) is 0. The zero-order valence-electron chi connectivity index (χ0n) is 7.09. The third kappa shape index (κ3) is 1.47. The van der Waals surface area contributed by atoms with E-state index in [-0.39, 0.29) is 17.6 Å². The Kier molecular flexibility index (Phi) is 1.88. The van der Waals surface area contributed by atoms with Crippen molar-refractivity contribution in [3.8, 4) is 0 Å². The second-order valence-corrected chi connectivity index (χ2v) is 3.39. The summed E-state index contributed by atoms with van der Waals surface area (Å²) in [4.78, 5) is 11.4. The van der Waals surface area contributed by atoms with Crippen LogP contribution in [-0.2, 0) is 6.42 Å². The van der Waals surface area contributed by atoms with E-state index in [1.54, 1.807) is 6.07 Å². The number of halogens is 1. The first-order valence-electron chi connectivity index (χ1n) is 4.24. The van der Waals surface area contributed by atoms with Crippen molar-refractivity contribution >= 4 is 5.78 Å². The van der Waals surface area contributed by atoms with E-state index in [0.717, 1.165) is 5.56 Å². The topological polar surface area (TPSA) is 43.1 Å². The van der Waals surface area contributed by atoms with Crippen LogP contribution >= 0.6 is 0 Å². The number of Topliss-reactive ketones (excluding diaryl/α,β-unsaturated/α-hetero) is 1. The highest BCUT2D eigenvalue weighted by molar-refractivity contribution is 5.99. The molecule has 68 valence electrons. The smallest absolute Gasteiger partial charge is 0.164 e. The van der Waals surface area contributed by atoms with Gasteiger partial charge >= 0.3 is 0 Å².